The molecule has 4 rings (SSSR count). The van der Waals surface area contributed by atoms with Crippen molar-refractivity contribution >= 4 is 11.0 Å². The van der Waals surface area contributed by atoms with Crippen LogP contribution in [0.2, 0.25) is 0 Å². The van der Waals surface area contributed by atoms with E-state index in [1.165, 1.54) is 25.8 Å². The number of imidazole rings is 1. The van der Waals surface area contributed by atoms with Crippen molar-refractivity contribution in [2.75, 3.05) is 26.2 Å². The van der Waals surface area contributed by atoms with Gasteiger partial charge in [-0.2, -0.15) is 0 Å². The second-order valence-corrected chi connectivity index (χ2v) is 6.97. The van der Waals surface area contributed by atoms with Crippen molar-refractivity contribution in [3.05, 3.63) is 34.7 Å². The van der Waals surface area contributed by atoms with Gasteiger partial charge < -0.3 is 15.2 Å². The molecule has 0 amide bonds. The molecule has 124 valence electrons. The van der Waals surface area contributed by atoms with Crippen LogP contribution >= 0.6 is 0 Å². The largest absolute Gasteiger partial charge is 0.326 e. The van der Waals surface area contributed by atoms with Crippen LogP contribution in [0.4, 0.5) is 0 Å². The second kappa shape index (κ2) is 6.49. The molecule has 1 saturated heterocycles. The van der Waals surface area contributed by atoms with Gasteiger partial charge in [0.25, 0.3) is 0 Å². The number of benzene rings is 1. The van der Waals surface area contributed by atoms with Crippen molar-refractivity contribution in [2.24, 2.45) is 0 Å². The summed E-state index contributed by atoms with van der Waals surface area (Å²) in [6.07, 6.45) is 6.10. The number of nitrogens with zero attached hydrogens (tertiary/aromatic N) is 2. The van der Waals surface area contributed by atoms with Crippen LogP contribution in [0.5, 0.6) is 0 Å². The van der Waals surface area contributed by atoms with Gasteiger partial charge in [0.15, 0.2) is 0 Å². The van der Waals surface area contributed by atoms with E-state index in [4.69, 9.17) is 0 Å². The van der Waals surface area contributed by atoms with Gasteiger partial charge in [-0.05, 0) is 57.3 Å². The summed E-state index contributed by atoms with van der Waals surface area (Å²) in [5.41, 5.74) is 2.04. The van der Waals surface area contributed by atoms with E-state index < -0.39 is 0 Å². The van der Waals surface area contributed by atoms with Crippen LogP contribution in [0.25, 0.3) is 11.0 Å². The van der Waals surface area contributed by atoms with Gasteiger partial charge >= 0.3 is 5.69 Å². The molecule has 5 heteroatoms. The summed E-state index contributed by atoms with van der Waals surface area (Å²) >= 11 is 0. The molecule has 2 heterocycles. The van der Waals surface area contributed by atoms with Crippen LogP contribution in [0, 0.1) is 0 Å². The van der Waals surface area contributed by atoms with Crippen LogP contribution < -0.4 is 11.0 Å². The molecule has 0 unspecified atom stereocenters. The number of nitrogens with one attached hydrogen (secondary N) is 2. The van der Waals surface area contributed by atoms with Gasteiger partial charge in [-0.3, -0.25) is 4.57 Å². The molecule has 1 aromatic carbocycles. The average molecular weight is 314 g/mol. The van der Waals surface area contributed by atoms with Gasteiger partial charge in [-0.15, -0.1) is 0 Å². The Morgan fingerprint density at radius 1 is 1.13 bits per heavy atom. The van der Waals surface area contributed by atoms with Crippen molar-refractivity contribution in [2.45, 2.75) is 44.2 Å². The Morgan fingerprint density at radius 3 is 2.70 bits per heavy atom. The standard InChI is InChI=1S/C18H26N4O/c23-18-20-16-4-1-2-5-17(16)22(18)15-8-12-21(13-9-15)11-3-10-19-14-6-7-14/h1-2,4-5,14-15,19H,3,6-13H2,(H,20,23). The van der Waals surface area contributed by atoms with Crippen LogP contribution in [-0.2, 0) is 0 Å². The fourth-order valence-corrected chi connectivity index (χ4v) is 3.73. The molecule has 0 bridgehead atoms. The maximum Gasteiger partial charge on any atom is 0.326 e. The summed E-state index contributed by atoms with van der Waals surface area (Å²) in [6.45, 7) is 4.52. The topological polar surface area (TPSA) is 53.1 Å². The summed E-state index contributed by atoms with van der Waals surface area (Å²) in [5, 5.41) is 3.58. The molecule has 2 aliphatic rings. The summed E-state index contributed by atoms with van der Waals surface area (Å²) in [6, 6.07) is 9.15. The molecule has 0 atom stereocenters. The normalized spacial score (nSPS) is 20.3. The Kier molecular flexibility index (Phi) is 4.23. The summed E-state index contributed by atoms with van der Waals surface area (Å²) in [4.78, 5) is 17.8. The molecular weight excluding hydrogens is 288 g/mol. The Balaban J connectivity index is 1.33. The number of H-pyrrole nitrogens is 1. The number of likely N-dealkylation sites (tertiary alicyclic amines) is 1. The van der Waals surface area contributed by atoms with Gasteiger partial charge in [-0.1, -0.05) is 12.1 Å². The Bertz CT molecular complexity index is 707. The molecular formula is C18H26N4O. The van der Waals surface area contributed by atoms with Gasteiger partial charge in [-0.25, -0.2) is 4.79 Å². The smallest absolute Gasteiger partial charge is 0.314 e. The van der Waals surface area contributed by atoms with E-state index in [2.05, 4.69) is 15.2 Å². The lowest BCUT2D eigenvalue weighted by Gasteiger charge is -2.32. The minimum Gasteiger partial charge on any atom is -0.314 e. The van der Waals surface area contributed by atoms with E-state index in [0.29, 0.717) is 6.04 Å². The van der Waals surface area contributed by atoms with Gasteiger partial charge in [0.1, 0.15) is 0 Å². The van der Waals surface area contributed by atoms with Crippen LogP contribution in [-0.4, -0.2) is 46.7 Å². The molecule has 23 heavy (non-hydrogen) atoms. The zero-order valence-corrected chi connectivity index (χ0v) is 13.6. The number of aromatic nitrogens is 2. The molecule has 0 radical (unpaired) electrons. The van der Waals surface area contributed by atoms with E-state index in [0.717, 1.165) is 49.6 Å². The van der Waals surface area contributed by atoms with E-state index in [1.807, 2.05) is 28.8 Å². The first-order valence-electron chi connectivity index (χ1n) is 8.96. The number of para-hydroxylation sites is 2. The third kappa shape index (κ3) is 3.35. The lowest BCUT2D eigenvalue weighted by molar-refractivity contribution is 0.185. The van der Waals surface area contributed by atoms with Crippen molar-refractivity contribution in [3.8, 4) is 0 Å². The minimum atomic E-state index is 0.0401. The van der Waals surface area contributed by atoms with Crippen LogP contribution in [0.15, 0.2) is 29.1 Å². The molecule has 5 nitrogen and oxygen atoms in total. The monoisotopic (exact) mass is 314 g/mol. The van der Waals surface area contributed by atoms with Crippen LogP contribution in [0.1, 0.15) is 38.1 Å². The SMILES string of the molecule is O=c1[nH]c2ccccc2n1C1CCN(CCCNC2CC2)CC1. The van der Waals surface area contributed by atoms with Crippen molar-refractivity contribution in [1.29, 1.82) is 0 Å². The molecule has 1 aromatic heterocycles. The van der Waals surface area contributed by atoms with Gasteiger partial charge in [0.05, 0.1) is 11.0 Å². The molecule has 2 aromatic rings. The van der Waals surface area contributed by atoms with Gasteiger partial charge in [0.2, 0.25) is 0 Å². The fraction of sp³-hybridized carbons (Fsp3) is 0.611. The van der Waals surface area contributed by atoms with E-state index in [1.54, 1.807) is 0 Å². The fourth-order valence-electron chi connectivity index (χ4n) is 3.73. The molecule has 1 aliphatic carbocycles. The van der Waals surface area contributed by atoms with E-state index in [-0.39, 0.29) is 5.69 Å². The highest BCUT2D eigenvalue weighted by Gasteiger charge is 2.23. The number of piperidine rings is 1. The highest BCUT2D eigenvalue weighted by molar-refractivity contribution is 5.75. The van der Waals surface area contributed by atoms with Gasteiger partial charge in [0, 0.05) is 25.2 Å². The third-order valence-corrected chi connectivity index (χ3v) is 5.21. The quantitative estimate of drug-likeness (QED) is 0.803. The number of rotatable bonds is 6. The first-order valence-corrected chi connectivity index (χ1v) is 8.96. The average Bonchev–Trinajstić information content (AvgIpc) is 3.33. The summed E-state index contributed by atoms with van der Waals surface area (Å²) in [7, 11) is 0. The maximum absolute atomic E-state index is 12.3. The number of aromatic amines is 1. The summed E-state index contributed by atoms with van der Waals surface area (Å²) < 4.78 is 1.97. The van der Waals surface area contributed by atoms with E-state index >= 15 is 0 Å². The number of hydrogen-bond acceptors (Lipinski definition) is 3. The molecule has 1 saturated carbocycles. The minimum absolute atomic E-state index is 0.0401. The first-order chi connectivity index (χ1) is 11.3. The predicted molar refractivity (Wildman–Crippen MR) is 92.9 cm³/mol. The molecule has 0 spiro atoms. The van der Waals surface area contributed by atoms with Crippen LogP contribution in [0.3, 0.4) is 0 Å². The highest BCUT2D eigenvalue weighted by Crippen LogP contribution is 2.24. The maximum atomic E-state index is 12.3. The zero-order valence-electron chi connectivity index (χ0n) is 13.6. The Hall–Kier alpha value is -1.59. The molecule has 1 aliphatic heterocycles. The van der Waals surface area contributed by atoms with Crippen molar-refractivity contribution < 1.29 is 0 Å². The molecule has 2 fully saturated rings. The molecule has 2 N–H and O–H groups in total. The first kappa shape index (κ1) is 15.0. The predicted octanol–water partition coefficient (Wildman–Crippen LogP) is 2.11. The number of fused-ring (bicyclic) bond motifs is 1. The highest BCUT2D eigenvalue weighted by atomic mass is 16.1. The Labute approximate surface area is 136 Å². The third-order valence-electron chi connectivity index (χ3n) is 5.21. The summed E-state index contributed by atoms with van der Waals surface area (Å²) in [5.74, 6) is 0. The second-order valence-electron chi connectivity index (χ2n) is 6.97. The lowest BCUT2D eigenvalue weighted by atomic mass is 10.0. The Morgan fingerprint density at radius 2 is 1.91 bits per heavy atom. The van der Waals surface area contributed by atoms with E-state index in [9.17, 15) is 4.79 Å². The van der Waals surface area contributed by atoms with Crippen molar-refractivity contribution in [1.82, 2.24) is 19.8 Å². The van der Waals surface area contributed by atoms with Crippen molar-refractivity contribution in [3.63, 3.8) is 0 Å². The number of hydrogen-bond donors (Lipinski definition) is 2. The zero-order chi connectivity index (χ0) is 15.6. The lowest BCUT2D eigenvalue weighted by Crippen LogP contribution is -2.38.